The zero-order valence-corrected chi connectivity index (χ0v) is 10.7. The van der Waals surface area contributed by atoms with Gasteiger partial charge in [-0.05, 0) is 18.9 Å². The molecule has 0 amide bonds. The molecule has 3 rings (SSSR count). The molecule has 19 heavy (non-hydrogen) atoms. The third-order valence-corrected chi connectivity index (χ3v) is 3.84. The van der Waals surface area contributed by atoms with Crippen molar-refractivity contribution >= 4 is 11.6 Å². The van der Waals surface area contributed by atoms with Crippen LogP contribution in [0.25, 0.3) is 0 Å². The van der Waals surface area contributed by atoms with Crippen LogP contribution in [0.3, 0.4) is 0 Å². The Morgan fingerprint density at radius 3 is 2.32 bits per heavy atom. The van der Waals surface area contributed by atoms with Crippen LogP contribution in [0.15, 0.2) is 54.6 Å². The molecule has 2 nitrogen and oxygen atoms in total. The first-order chi connectivity index (χ1) is 9.13. The molecule has 0 unspecified atom stereocenters. The van der Waals surface area contributed by atoms with Gasteiger partial charge in [0.2, 0.25) is 0 Å². The van der Waals surface area contributed by atoms with Gasteiger partial charge in [-0.2, -0.15) is 0 Å². The second kappa shape index (κ2) is 4.16. The number of fused-ring (bicyclic) bond motifs is 1. The molecule has 0 fully saturated rings. The first-order valence-corrected chi connectivity index (χ1v) is 6.35. The summed E-state index contributed by atoms with van der Waals surface area (Å²) >= 11 is 0. The number of carbonyl (C=O) groups is 2. The fourth-order valence-corrected chi connectivity index (χ4v) is 2.75. The molecular formula is C17H14O2. The van der Waals surface area contributed by atoms with Gasteiger partial charge >= 0.3 is 0 Å². The van der Waals surface area contributed by atoms with Crippen LogP contribution in [0.1, 0.15) is 33.2 Å². The highest BCUT2D eigenvalue weighted by Crippen LogP contribution is 2.38. The molecule has 0 heterocycles. The van der Waals surface area contributed by atoms with E-state index in [9.17, 15) is 9.59 Å². The largest absolute Gasteiger partial charge is 0.293 e. The van der Waals surface area contributed by atoms with E-state index in [0.29, 0.717) is 17.5 Å². The Kier molecular flexibility index (Phi) is 2.59. The van der Waals surface area contributed by atoms with Crippen LogP contribution in [0.4, 0.5) is 0 Å². The summed E-state index contributed by atoms with van der Waals surface area (Å²) in [6.45, 7) is 1.75. The molecule has 0 N–H and O–H groups in total. The molecule has 0 saturated carbocycles. The quantitative estimate of drug-likeness (QED) is 0.605. The lowest BCUT2D eigenvalue weighted by atomic mass is 9.79. The fraction of sp³-hybridized carbons (Fsp3) is 0.176. The lowest BCUT2D eigenvalue weighted by molar-refractivity contribution is 0.0708. The maximum Gasteiger partial charge on any atom is 0.177 e. The van der Waals surface area contributed by atoms with Gasteiger partial charge in [0, 0.05) is 11.1 Å². The summed E-state index contributed by atoms with van der Waals surface area (Å²) in [5.41, 5.74) is 1.31. The molecule has 1 aliphatic rings. The van der Waals surface area contributed by atoms with E-state index in [1.165, 1.54) is 0 Å². The summed E-state index contributed by atoms with van der Waals surface area (Å²) in [7, 11) is 0. The zero-order chi connectivity index (χ0) is 13.5. The van der Waals surface area contributed by atoms with E-state index in [2.05, 4.69) is 0 Å². The molecule has 2 aromatic carbocycles. The average molecular weight is 250 g/mol. The number of rotatable bonds is 2. The molecule has 0 aliphatic heterocycles. The first-order valence-electron chi connectivity index (χ1n) is 6.35. The summed E-state index contributed by atoms with van der Waals surface area (Å²) in [6.07, 6.45) is 0.496. The van der Waals surface area contributed by atoms with Crippen molar-refractivity contribution in [3.8, 4) is 0 Å². The number of hydrogen-bond acceptors (Lipinski definition) is 2. The Labute approximate surface area is 112 Å². The van der Waals surface area contributed by atoms with Crippen LogP contribution in [0, 0.1) is 5.41 Å². The maximum atomic E-state index is 12.6. The van der Waals surface area contributed by atoms with Gasteiger partial charge < -0.3 is 0 Å². The molecule has 0 saturated heterocycles. The zero-order valence-electron chi connectivity index (χ0n) is 10.7. The summed E-state index contributed by atoms with van der Waals surface area (Å²) < 4.78 is 0. The van der Waals surface area contributed by atoms with Gasteiger partial charge in [-0.3, -0.25) is 9.59 Å². The molecule has 0 bridgehead atoms. The van der Waals surface area contributed by atoms with Crippen LogP contribution in [0.5, 0.6) is 0 Å². The smallest absolute Gasteiger partial charge is 0.177 e. The van der Waals surface area contributed by atoms with Gasteiger partial charge in [-0.15, -0.1) is 0 Å². The number of Topliss-reactive ketones (excluding diaryl/α,β-unsaturated/α-hetero) is 2. The van der Waals surface area contributed by atoms with E-state index < -0.39 is 5.41 Å². The molecule has 2 heteroatoms. The third kappa shape index (κ3) is 1.72. The lowest BCUT2D eigenvalue weighted by Gasteiger charge is -2.20. The van der Waals surface area contributed by atoms with Crippen molar-refractivity contribution in [3.05, 3.63) is 71.3 Å². The van der Waals surface area contributed by atoms with Crippen molar-refractivity contribution in [1.82, 2.24) is 0 Å². The highest BCUT2D eigenvalue weighted by molar-refractivity contribution is 6.22. The van der Waals surface area contributed by atoms with Crippen molar-refractivity contribution in [1.29, 1.82) is 0 Å². The third-order valence-electron chi connectivity index (χ3n) is 3.84. The summed E-state index contributed by atoms with van der Waals surface area (Å²) in [4.78, 5) is 25.1. The molecule has 0 aromatic heterocycles. The van der Waals surface area contributed by atoms with E-state index in [1.807, 2.05) is 36.4 Å². The number of hydrogen-bond donors (Lipinski definition) is 0. The number of carbonyl (C=O) groups excluding carboxylic acids is 2. The van der Waals surface area contributed by atoms with Gasteiger partial charge in [-0.25, -0.2) is 0 Å². The van der Waals surface area contributed by atoms with Gasteiger partial charge in [0.15, 0.2) is 11.6 Å². The van der Waals surface area contributed by atoms with Crippen molar-refractivity contribution in [2.45, 2.75) is 13.3 Å². The van der Waals surface area contributed by atoms with Gasteiger partial charge in [-0.1, -0.05) is 54.6 Å². The molecule has 0 spiro atoms. The first kappa shape index (κ1) is 11.8. The highest BCUT2D eigenvalue weighted by atomic mass is 16.2. The van der Waals surface area contributed by atoms with Crippen LogP contribution < -0.4 is 0 Å². The SMILES string of the molecule is C[C@]1(C(=O)c2ccccc2)Cc2ccccc2C1=O. The number of benzene rings is 2. The molecular weight excluding hydrogens is 236 g/mol. The van der Waals surface area contributed by atoms with Crippen molar-refractivity contribution in [3.63, 3.8) is 0 Å². The minimum absolute atomic E-state index is 0.0584. The van der Waals surface area contributed by atoms with Crippen LogP contribution in [0.2, 0.25) is 0 Å². The summed E-state index contributed by atoms with van der Waals surface area (Å²) in [6, 6.07) is 16.5. The molecule has 1 atom stereocenters. The Morgan fingerprint density at radius 1 is 1.00 bits per heavy atom. The van der Waals surface area contributed by atoms with Gasteiger partial charge in [0.1, 0.15) is 0 Å². The predicted octanol–water partition coefficient (Wildman–Crippen LogP) is 3.31. The highest BCUT2D eigenvalue weighted by Gasteiger charge is 2.47. The topological polar surface area (TPSA) is 34.1 Å². The number of ketones is 2. The van der Waals surface area contributed by atoms with E-state index in [-0.39, 0.29) is 11.6 Å². The van der Waals surface area contributed by atoms with E-state index in [4.69, 9.17) is 0 Å². The molecule has 1 aliphatic carbocycles. The minimum atomic E-state index is -0.953. The second-order valence-electron chi connectivity index (χ2n) is 5.19. The van der Waals surface area contributed by atoms with Crippen LogP contribution in [-0.4, -0.2) is 11.6 Å². The predicted molar refractivity (Wildman–Crippen MR) is 73.4 cm³/mol. The van der Waals surface area contributed by atoms with Gasteiger partial charge in [0.25, 0.3) is 0 Å². The normalized spacial score (nSPS) is 21.2. The molecule has 2 aromatic rings. The monoisotopic (exact) mass is 250 g/mol. The second-order valence-corrected chi connectivity index (χ2v) is 5.19. The maximum absolute atomic E-state index is 12.6. The van der Waals surface area contributed by atoms with Crippen LogP contribution in [-0.2, 0) is 6.42 Å². The van der Waals surface area contributed by atoms with Crippen molar-refractivity contribution < 1.29 is 9.59 Å². The van der Waals surface area contributed by atoms with Gasteiger partial charge in [0.05, 0.1) is 5.41 Å². The van der Waals surface area contributed by atoms with Crippen molar-refractivity contribution in [2.75, 3.05) is 0 Å². The molecule has 94 valence electrons. The average Bonchev–Trinajstić information content (AvgIpc) is 2.72. The van der Waals surface area contributed by atoms with E-state index in [1.54, 1.807) is 25.1 Å². The van der Waals surface area contributed by atoms with E-state index in [0.717, 1.165) is 5.56 Å². The minimum Gasteiger partial charge on any atom is -0.293 e. The standard InChI is InChI=1S/C17H14O2/c1-17(15(18)12-7-3-2-4-8-12)11-13-9-5-6-10-14(13)16(17)19/h2-10H,11H2,1H3/t17-/m1/s1. The van der Waals surface area contributed by atoms with E-state index >= 15 is 0 Å². The Morgan fingerprint density at radius 2 is 1.63 bits per heavy atom. The summed E-state index contributed by atoms with van der Waals surface area (Å²) in [5, 5.41) is 0. The Bertz CT molecular complexity index is 658. The Hall–Kier alpha value is -2.22. The van der Waals surface area contributed by atoms with Crippen molar-refractivity contribution in [2.24, 2.45) is 5.41 Å². The Balaban J connectivity index is 2.03. The van der Waals surface area contributed by atoms with Crippen LogP contribution >= 0.6 is 0 Å². The lowest BCUT2D eigenvalue weighted by Crippen LogP contribution is -2.34. The summed E-state index contributed by atoms with van der Waals surface area (Å²) in [5.74, 6) is -0.147. The molecule has 0 radical (unpaired) electrons. The fourth-order valence-electron chi connectivity index (χ4n) is 2.75.